The van der Waals surface area contributed by atoms with E-state index in [1.54, 1.807) is 7.11 Å². The third-order valence-corrected chi connectivity index (χ3v) is 2.38. The average molecular weight is 232 g/mol. The summed E-state index contributed by atoms with van der Waals surface area (Å²) in [5.74, 6) is 0.897. The largest absolute Gasteiger partial charge is 0.497 e. The molecule has 0 saturated carbocycles. The molecule has 0 heterocycles. The van der Waals surface area contributed by atoms with Gasteiger partial charge in [0.2, 0.25) is 0 Å². The van der Waals surface area contributed by atoms with E-state index >= 15 is 0 Å². The van der Waals surface area contributed by atoms with Crippen molar-refractivity contribution in [1.29, 1.82) is 0 Å². The summed E-state index contributed by atoms with van der Waals surface area (Å²) < 4.78 is 6.19. The van der Waals surface area contributed by atoms with Gasteiger partial charge >= 0.3 is 0 Å². The predicted octanol–water partition coefficient (Wildman–Crippen LogP) is 3.18. The Morgan fingerprint density at radius 1 is 1.42 bits per heavy atom. The standard InChI is InChI=1S/C9H11BrO.H3N/c1-3-7-4-5-8(11-2)6-9(7)10;/h4-6H,3H2,1-2H3;1H3. The Labute approximate surface area is 81.6 Å². The van der Waals surface area contributed by atoms with Gasteiger partial charge in [-0.05, 0) is 24.1 Å². The molecule has 0 radical (unpaired) electrons. The van der Waals surface area contributed by atoms with Crippen LogP contribution in [0.5, 0.6) is 5.75 Å². The van der Waals surface area contributed by atoms with E-state index in [-0.39, 0.29) is 6.15 Å². The van der Waals surface area contributed by atoms with E-state index in [0.717, 1.165) is 16.6 Å². The maximum absolute atomic E-state index is 5.06. The highest BCUT2D eigenvalue weighted by Crippen LogP contribution is 2.22. The van der Waals surface area contributed by atoms with Crippen molar-refractivity contribution in [2.45, 2.75) is 13.3 Å². The number of rotatable bonds is 2. The number of benzene rings is 1. The Morgan fingerprint density at radius 2 is 2.08 bits per heavy atom. The lowest BCUT2D eigenvalue weighted by Gasteiger charge is -2.03. The van der Waals surface area contributed by atoms with Gasteiger partial charge in [0.25, 0.3) is 0 Å². The zero-order chi connectivity index (χ0) is 8.27. The molecule has 0 fully saturated rings. The van der Waals surface area contributed by atoms with E-state index < -0.39 is 0 Å². The first-order valence-electron chi connectivity index (χ1n) is 3.60. The van der Waals surface area contributed by atoms with E-state index in [1.807, 2.05) is 12.1 Å². The first kappa shape index (κ1) is 11.5. The molecule has 1 rings (SSSR count). The lowest BCUT2D eigenvalue weighted by atomic mass is 10.2. The Kier molecular flexibility index (Phi) is 4.93. The fraction of sp³-hybridized carbons (Fsp3) is 0.333. The van der Waals surface area contributed by atoms with Crippen LogP contribution in [0.15, 0.2) is 22.7 Å². The van der Waals surface area contributed by atoms with Crippen molar-refractivity contribution in [3.63, 3.8) is 0 Å². The average Bonchev–Trinajstić information content (AvgIpc) is 2.04. The third kappa shape index (κ3) is 2.50. The highest BCUT2D eigenvalue weighted by Gasteiger charge is 1.97. The molecule has 2 nitrogen and oxygen atoms in total. The van der Waals surface area contributed by atoms with Gasteiger partial charge in [-0.1, -0.05) is 28.9 Å². The van der Waals surface area contributed by atoms with Crippen LogP contribution >= 0.6 is 15.9 Å². The van der Waals surface area contributed by atoms with Crippen LogP contribution in [0.4, 0.5) is 0 Å². The fourth-order valence-electron chi connectivity index (χ4n) is 0.942. The molecule has 0 amide bonds. The smallest absolute Gasteiger partial charge is 0.120 e. The monoisotopic (exact) mass is 231 g/mol. The Hall–Kier alpha value is -0.540. The summed E-state index contributed by atoms with van der Waals surface area (Å²) in [6.07, 6.45) is 1.05. The summed E-state index contributed by atoms with van der Waals surface area (Å²) in [4.78, 5) is 0. The van der Waals surface area contributed by atoms with Crippen LogP contribution in [0.25, 0.3) is 0 Å². The lowest BCUT2D eigenvalue weighted by Crippen LogP contribution is -1.85. The summed E-state index contributed by atoms with van der Waals surface area (Å²) in [7, 11) is 1.67. The SMILES string of the molecule is CCc1ccc(OC)cc1Br.N. The molecule has 0 bridgehead atoms. The molecule has 1 aromatic carbocycles. The van der Waals surface area contributed by atoms with Crippen molar-refractivity contribution in [1.82, 2.24) is 6.15 Å². The molecule has 3 N–H and O–H groups in total. The van der Waals surface area contributed by atoms with Crippen molar-refractivity contribution >= 4 is 15.9 Å². The quantitative estimate of drug-likeness (QED) is 0.850. The summed E-state index contributed by atoms with van der Waals surface area (Å²) in [5, 5.41) is 0. The minimum Gasteiger partial charge on any atom is -0.497 e. The summed E-state index contributed by atoms with van der Waals surface area (Å²) in [6.45, 7) is 2.13. The zero-order valence-corrected chi connectivity index (χ0v) is 9.02. The van der Waals surface area contributed by atoms with Gasteiger partial charge in [0.15, 0.2) is 0 Å². The summed E-state index contributed by atoms with van der Waals surface area (Å²) >= 11 is 3.47. The van der Waals surface area contributed by atoms with Gasteiger partial charge in [0, 0.05) is 4.47 Å². The molecule has 12 heavy (non-hydrogen) atoms. The molecule has 0 saturated heterocycles. The maximum atomic E-state index is 5.06. The molecule has 0 aliphatic carbocycles. The number of hydrogen-bond donors (Lipinski definition) is 1. The van der Waals surface area contributed by atoms with E-state index in [1.165, 1.54) is 5.56 Å². The van der Waals surface area contributed by atoms with Gasteiger partial charge in [0.1, 0.15) is 5.75 Å². The van der Waals surface area contributed by atoms with Gasteiger partial charge in [-0.15, -0.1) is 0 Å². The topological polar surface area (TPSA) is 44.2 Å². The van der Waals surface area contributed by atoms with Gasteiger partial charge in [-0.3, -0.25) is 0 Å². The zero-order valence-electron chi connectivity index (χ0n) is 7.43. The normalized spacial score (nSPS) is 8.92. The van der Waals surface area contributed by atoms with Crippen molar-refractivity contribution < 1.29 is 4.74 Å². The van der Waals surface area contributed by atoms with E-state index in [4.69, 9.17) is 4.74 Å². The molecule has 0 spiro atoms. The highest BCUT2D eigenvalue weighted by atomic mass is 79.9. The molecule has 1 aromatic rings. The first-order valence-corrected chi connectivity index (χ1v) is 4.39. The van der Waals surface area contributed by atoms with Crippen LogP contribution in [-0.2, 0) is 6.42 Å². The second-order valence-corrected chi connectivity index (χ2v) is 3.17. The molecule has 0 aliphatic rings. The number of methoxy groups -OCH3 is 1. The second kappa shape index (κ2) is 5.17. The summed E-state index contributed by atoms with van der Waals surface area (Å²) in [6, 6.07) is 6.03. The number of ether oxygens (including phenoxy) is 1. The molecule has 3 heteroatoms. The Balaban J connectivity index is 0.00000121. The number of hydrogen-bond acceptors (Lipinski definition) is 2. The van der Waals surface area contributed by atoms with Crippen molar-refractivity contribution in [3.8, 4) is 5.75 Å². The van der Waals surface area contributed by atoms with Crippen molar-refractivity contribution in [2.24, 2.45) is 0 Å². The van der Waals surface area contributed by atoms with Gasteiger partial charge in [0.05, 0.1) is 7.11 Å². The van der Waals surface area contributed by atoms with Crippen LogP contribution < -0.4 is 10.9 Å². The molecular weight excluding hydrogens is 218 g/mol. The van der Waals surface area contributed by atoms with Crippen LogP contribution in [0.3, 0.4) is 0 Å². The molecular formula is C9H14BrNO. The second-order valence-electron chi connectivity index (χ2n) is 2.31. The highest BCUT2D eigenvalue weighted by molar-refractivity contribution is 9.10. The summed E-state index contributed by atoms with van der Waals surface area (Å²) in [5.41, 5.74) is 1.31. The van der Waals surface area contributed by atoms with Crippen LogP contribution in [0.1, 0.15) is 12.5 Å². The van der Waals surface area contributed by atoms with E-state index in [9.17, 15) is 0 Å². The molecule has 68 valence electrons. The van der Waals surface area contributed by atoms with E-state index in [2.05, 4.69) is 28.9 Å². The minimum absolute atomic E-state index is 0. The van der Waals surface area contributed by atoms with Crippen LogP contribution in [0, 0.1) is 0 Å². The Morgan fingerprint density at radius 3 is 2.50 bits per heavy atom. The molecule has 0 unspecified atom stereocenters. The van der Waals surface area contributed by atoms with Crippen LogP contribution in [-0.4, -0.2) is 7.11 Å². The minimum atomic E-state index is 0. The van der Waals surface area contributed by atoms with Gasteiger partial charge < -0.3 is 10.9 Å². The fourth-order valence-corrected chi connectivity index (χ4v) is 1.58. The Bertz CT molecular complexity index is 250. The number of halogens is 1. The van der Waals surface area contributed by atoms with Gasteiger partial charge in [-0.2, -0.15) is 0 Å². The first-order chi connectivity index (χ1) is 5.27. The molecule has 0 atom stereocenters. The van der Waals surface area contributed by atoms with Crippen molar-refractivity contribution in [2.75, 3.05) is 7.11 Å². The number of aryl methyl sites for hydroxylation is 1. The third-order valence-electron chi connectivity index (χ3n) is 1.64. The van der Waals surface area contributed by atoms with Crippen LogP contribution in [0.2, 0.25) is 0 Å². The van der Waals surface area contributed by atoms with Crippen molar-refractivity contribution in [3.05, 3.63) is 28.2 Å². The lowest BCUT2D eigenvalue weighted by molar-refractivity contribution is 0.414. The maximum Gasteiger partial charge on any atom is 0.120 e. The van der Waals surface area contributed by atoms with E-state index in [0.29, 0.717) is 0 Å². The van der Waals surface area contributed by atoms with Gasteiger partial charge in [-0.25, -0.2) is 0 Å². The predicted molar refractivity (Wildman–Crippen MR) is 55.1 cm³/mol. The molecule has 0 aromatic heterocycles. The molecule has 0 aliphatic heterocycles.